The number of hydrogen-bond acceptors (Lipinski definition) is 4. The zero-order valence-corrected chi connectivity index (χ0v) is 14.1. The van der Waals surface area contributed by atoms with Crippen LogP contribution in [0.4, 0.5) is 0 Å². The minimum absolute atomic E-state index is 0.455. The van der Waals surface area contributed by atoms with Crippen LogP contribution in [0.3, 0.4) is 0 Å². The molecular weight excluding hydrogens is 354 g/mol. The van der Waals surface area contributed by atoms with E-state index in [1.807, 2.05) is 12.1 Å². The van der Waals surface area contributed by atoms with Crippen molar-refractivity contribution in [1.82, 2.24) is 10.1 Å². The van der Waals surface area contributed by atoms with Crippen molar-refractivity contribution in [1.29, 1.82) is 0 Å². The molecule has 1 saturated carbocycles. The molecular formula is C15H17BrClN3O. The molecule has 0 bridgehead atoms. The molecule has 112 valence electrons. The highest BCUT2D eigenvalue weighted by atomic mass is 79.9. The summed E-state index contributed by atoms with van der Waals surface area (Å²) in [6.45, 7) is 2.22. The Hall–Kier alpha value is -0.910. The number of benzene rings is 1. The molecule has 1 aromatic carbocycles. The third kappa shape index (κ3) is 3.15. The second-order valence-corrected chi connectivity index (χ2v) is 7.29. The predicted molar refractivity (Wildman–Crippen MR) is 85.9 cm³/mol. The van der Waals surface area contributed by atoms with Gasteiger partial charge in [0, 0.05) is 15.1 Å². The maximum absolute atomic E-state index is 6.50. The minimum atomic E-state index is -0.477. The third-order valence-corrected chi connectivity index (χ3v) is 4.69. The van der Waals surface area contributed by atoms with Crippen LogP contribution in [-0.4, -0.2) is 10.1 Å². The Balaban J connectivity index is 1.92. The van der Waals surface area contributed by atoms with Gasteiger partial charge in [0.15, 0.2) is 5.82 Å². The average molecular weight is 371 g/mol. The molecule has 0 spiro atoms. The number of nitrogens with two attached hydrogens (primary N) is 1. The fraction of sp³-hybridized carbons (Fsp3) is 0.467. The van der Waals surface area contributed by atoms with E-state index >= 15 is 0 Å². The molecule has 0 aliphatic heterocycles. The molecule has 21 heavy (non-hydrogen) atoms. The fourth-order valence-corrected chi connectivity index (χ4v) is 3.88. The van der Waals surface area contributed by atoms with Gasteiger partial charge in [0.25, 0.3) is 5.89 Å². The topological polar surface area (TPSA) is 64.9 Å². The lowest BCUT2D eigenvalue weighted by Gasteiger charge is -2.33. The van der Waals surface area contributed by atoms with Gasteiger partial charge in [-0.2, -0.15) is 4.98 Å². The van der Waals surface area contributed by atoms with E-state index in [0.717, 1.165) is 29.3 Å². The van der Waals surface area contributed by atoms with Crippen molar-refractivity contribution < 1.29 is 4.52 Å². The summed E-state index contributed by atoms with van der Waals surface area (Å²) in [6.07, 6.45) is 4.11. The summed E-state index contributed by atoms with van der Waals surface area (Å²) in [5, 5.41) is 4.73. The lowest BCUT2D eigenvalue weighted by Crippen LogP contribution is -2.42. The highest BCUT2D eigenvalue weighted by Gasteiger charge is 2.37. The summed E-state index contributed by atoms with van der Waals surface area (Å²) in [4.78, 5) is 4.51. The SMILES string of the molecule is CC1CCCC(N)(c2noc(-c3cc(Cl)cc(Br)c3)n2)C1. The average Bonchev–Trinajstić information content (AvgIpc) is 2.87. The van der Waals surface area contributed by atoms with Gasteiger partial charge in [0.05, 0.1) is 5.54 Å². The van der Waals surface area contributed by atoms with E-state index in [4.69, 9.17) is 21.9 Å². The molecule has 6 heteroatoms. The largest absolute Gasteiger partial charge is 0.334 e. The lowest BCUT2D eigenvalue weighted by molar-refractivity contribution is 0.222. The summed E-state index contributed by atoms with van der Waals surface area (Å²) >= 11 is 9.47. The van der Waals surface area contributed by atoms with Crippen LogP contribution in [0.25, 0.3) is 11.5 Å². The molecule has 2 aromatic rings. The van der Waals surface area contributed by atoms with Crippen LogP contribution in [0.15, 0.2) is 27.2 Å². The third-order valence-electron chi connectivity index (χ3n) is 4.01. The Morgan fingerprint density at radius 3 is 2.95 bits per heavy atom. The number of hydrogen-bond donors (Lipinski definition) is 1. The Bertz CT molecular complexity index is 640. The van der Waals surface area contributed by atoms with Gasteiger partial charge in [-0.25, -0.2) is 0 Å². The number of aromatic nitrogens is 2. The first kappa shape index (κ1) is 15.0. The van der Waals surface area contributed by atoms with Gasteiger partial charge in [-0.05, 0) is 37.0 Å². The van der Waals surface area contributed by atoms with Gasteiger partial charge >= 0.3 is 0 Å². The second-order valence-electron chi connectivity index (χ2n) is 5.94. The molecule has 1 aliphatic rings. The molecule has 0 amide bonds. The molecule has 1 fully saturated rings. The standard InChI is InChI=1S/C15H17BrClN3O/c1-9-3-2-4-15(18,8-9)14-19-13(21-20-14)10-5-11(16)7-12(17)6-10/h5-7,9H,2-4,8,18H2,1H3. The maximum Gasteiger partial charge on any atom is 0.258 e. The van der Waals surface area contributed by atoms with E-state index in [1.54, 1.807) is 6.07 Å². The highest BCUT2D eigenvalue weighted by molar-refractivity contribution is 9.10. The summed E-state index contributed by atoms with van der Waals surface area (Å²) in [6, 6.07) is 5.52. The van der Waals surface area contributed by atoms with Crippen molar-refractivity contribution in [3.63, 3.8) is 0 Å². The second kappa shape index (κ2) is 5.71. The van der Waals surface area contributed by atoms with Gasteiger partial charge < -0.3 is 10.3 Å². The van der Waals surface area contributed by atoms with Gasteiger partial charge in [0.2, 0.25) is 0 Å². The molecule has 1 aromatic heterocycles. The van der Waals surface area contributed by atoms with E-state index < -0.39 is 5.54 Å². The van der Waals surface area contributed by atoms with Crippen LogP contribution in [-0.2, 0) is 5.54 Å². The summed E-state index contributed by atoms with van der Waals surface area (Å²) in [5.41, 5.74) is 6.82. The molecule has 4 nitrogen and oxygen atoms in total. The van der Waals surface area contributed by atoms with Crippen LogP contribution in [0.5, 0.6) is 0 Å². The molecule has 2 unspecified atom stereocenters. The predicted octanol–water partition coefficient (Wildman–Crippen LogP) is 4.52. The Labute approximate surface area is 137 Å². The summed E-state index contributed by atoms with van der Waals surface area (Å²) in [7, 11) is 0. The van der Waals surface area contributed by atoms with Crippen molar-refractivity contribution in [3.8, 4) is 11.5 Å². The van der Waals surface area contributed by atoms with Crippen LogP contribution >= 0.6 is 27.5 Å². The van der Waals surface area contributed by atoms with Crippen LogP contribution in [0.2, 0.25) is 5.02 Å². The first-order valence-corrected chi connectivity index (χ1v) is 8.23. The number of rotatable bonds is 2. The number of halogens is 2. The molecule has 1 heterocycles. The first-order chi connectivity index (χ1) is 9.96. The van der Waals surface area contributed by atoms with Gasteiger partial charge in [0.1, 0.15) is 0 Å². The van der Waals surface area contributed by atoms with Crippen LogP contribution in [0.1, 0.15) is 38.4 Å². The summed E-state index contributed by atoms with van der Waals surface area (Å²) in [5.74, 6) is 1.64. The molecule has 2 atom stereocenters. The van der Waals surface area contributed by atoms with E-state index in [1.165, 1.54) is 6.42 Å². The highest BCUT2D eigenvalue weighted by Crippen LogP contribution is 2.37. The van der Waals surface area contributed by atoms with Crippen LogP contribution in [0, 0.1) is 5.92 Å². The van der Waals surface area contributed by atoms with E-state index in [0.29, 0.717) is 22.7 Å². The molecule has 0 radical (unpaired) electrons. The van der Waals surface area contributed by atoms with Crippen molar-refractivity contribution in [2.75, 3.05) is 0 Å². The van der Waals surface area contributed by atoms with Crippen LogP contribution < -0.4 is 5.73 Å². The Morgan fingerprint density at radius 1 is 1.43 bits per heavy atom. The Kier molecular flexibility index (Phi) is 4.08. The van der Waals surface area contributed by atoms with Gasteiger partial charge in [-0.1, -0.05) is 52.5 Å². The zero-order chi connectivity index (χ0) is 15.0. The minimum Gasteiger partial charge on any atom is -0.334 e. The monoisotopic (exact) mass is 369 g/mol. The van der Waals surface area contributed by atoms with Crippen molar-refractivity contribution >= 4 is 27.5 Å². The van der Waals surface area contributed by atoms with Gasteiger partial charge in [-0.15, -0.1) is 0 Å². The van der Waals surface area contributed by atoms with Crippen molar-refractivity contribution in [2.45, 2.75) is 38.1 Å². The smallest absolute Gasteiger partial charge is 0.258 e. The quantitative estimate of drug-likeness (QED) is 0.844. The maximum atomic E-state index is 6.50. The lowest BCUT2D eigenvalue weighted by atomic mass is 9.76. The zero-order valence-electron chi connectivity index (χ0n) is 11.8. The first-order valence-electron chi connectivity index (χ1n) is 7.06. The molecule has 1 aliphatic carbocycles. The van der Waals surface area contributed by atoms with Crippen molar-refractivity contribution in [2.24, 2.45) is 11.7 Å². The summed E-state index contributed by atoms with van der Waals surface area (Å²) < 4.78 is 6.27. The normalized spacial score (nSPS) is 26.0. The molecule has 3 rings (SSSR count). The van der Waals surface area contributed by atoms with E-state index in [2.05, 4.69) is 33.0 Å². The van der Waals surface area contributed by atoms with E-state index in [9.17, 15) is 0 Å². The molecule has 0 saturated heterocycles. The molecule has 2 N–H and O–H groups in total. The number of nitrogens with zero attached hydrogens (tertiary/aromatic N) is 2. The van der Waals surface area contributed by atoms with Gasteiger partial charge in [-0.3, -0.25) is 0 Å². The Morgan fingerprint density at radius 2 is 2.24 bits per heavy atom. The fourth-order valence-electron chi connectivity index (χ4n) is 3.02. The van der Waals surface area contributed by atoms with Crippen molar-refractivity contribution in [3.05, 3.63) is 33.5 Å². The van der Waals surface area contributed by atoms with E-state index in [-0.39, 0.29) is 0 Å².